The Balaban J connectivity index is 1.46. The molecular formula is C28H36BN3O5. The number of aryl methyl sites for hydroxylation is 1. The van der Waals surface area contributed by atoms with Gasteiger partial charge in [0, 0.05) is 18.4 Å². The molecule has 1 aliphatic carbocycles. The van der Waals surface area contributed by atoms with Crippen LogP contribution in [-0.2, 0) is 28.9 Å². The van der Waals surface area contributed by atoms with Crippen molar-refractivity contribution in [3.8, 4) is 0 Å². The lowest BCUT2D eigenvalue weighted by Gasteiger charge is -2.29. The fourth-order valence-electron chi connectivity index (χ4n) is 5.20. The first-order valence-electron chi connectivity index (χ1n) is 13.1. The van der Waals surface area contributed by atoms with Crippen LogP contribution in [0.15, 0.2) is 53.7 Å². The number of hydrogen-bond donors (Lipinski definition) is 4. The first-order chi connectivity index (χ1) is 17.8. The lowest BCUT2D eigenvalue weighted by Crippen LogP contribution is -2.56. The van der Waals surface area contributed by atoms with Crippen LogP contribution in [0.3, 0.4) is 0 Å². The average Bonchev–Trinajstić information content (AvgIpc) is 3.30. The topological polar surface area (TPSA) is 120 Å². The number of nitrogens with one attached hydrogen (secondary N) is 2. The molecule has 196 valence electrons. The second kappa shape index (κ2) is 11.9. The predicted octanol–water partition coefficient (Wildman–Crippen LogP) is 2.60. The van der Waals surface area contributed by atoms with E-state index in [-0.39, 0.29) is 31.2 Å². The fraction of sp³-hybridized carbons (Fsp3) is 0.464. The molecule has 37 heavy (non-hydrogen) atoms. The summed E-state index contributed by atoms with van der Waals surface area (Å²) in [6.45, 7) is 4.05. The number of benzene rings is 2. The standard InChI is InChI=1S/C28H36BN3O5/c1-19(2)15-25(29(35)36)31-27(34)28(16-20-9-4-3-5-10-20)17-22(32-37-28)18-30-26(33)24-14-8-12-21-11-6-7-13-23(21)24/h3-5,8-10,12,14,19,25,35-36H,6-7,11,13,15-18H2,1-2H3,(H,30,33)(H,31,34)/t25-,28?/m0/s1. The second-order valence-corrected chi connectivity index (χ2v) is 10.5. The van der Waals surface area contributed by atoms with E-state index in [4.69, 9.17) is 4.84 Å². The van der Waals surface area contributed by atoms with E-state index in [1.165, 1.54) is 5.56 Å². The van der Waals surface area contributed by atoms with E-state index < -0.39 is 24.6 Å². The van der Waals surface area contributed by atoms with E-state index >= 15 is 0 Å². The molecule has 2 aromatic carbocycles. The van der Waals surface area contributed by atoms with Crippen LogP contribution in [0.2, 0.25) is 0 Å². The largest absolute Gasteiger partial charge is 0.475 e. The molecule has 4 N–H and O–H groups in total. The zero-order valence-electron chi connectivity index (χ0n) is 21.6. The van der Waals surface area contributed by atoms with Crippen molar-refractivity contribution in [2.75, 3.05) is 6.54 Å². The molecule has 0 saturated heterocycles. The van der Waals surface area contributed by atoms with Crippen molar-refractivity contribution in [1.29, 1.82) is 0 Å². The number of fused-ring (bicyclic) bond motifs is 1. The van der Waals surface area contributed by atoms with Crippen molar-refractivity contribution < 1.29 is 24.5 Å². The van der Waals surface area contributed by atoms with Crippen LogP contribution >= 0.6 is 0 Å². The number of oxime groups is 1. The SMILES string of the molecule is CC(C)C[C@H](NC(=O)C1(Cc2ccccc2)CC(CNC(=O)c2cccc3c2CCCC3)=NO1)B(O)O. The van der Waals surface area contributed by atoms with Gasteiger partial charge in [0.15, 0.2) is 0 Å². The summed E-state index contributed by atoms with van der Waals surface area (Å²) < 4.78 is 0. The van der Waals surface area contributed by atoms with Gasteiger partial charge in [-0.1, -0.05) is 61.5 Å². The Labute approximate surface area is 218 Å². The molecule has 0 aromatic heterocycles. The molecule has 1 unspecified atom stereocenters. The van der Waals surface area contributed by atoms with Gasteiger partial charge in [0.2, 0.25) is 5.60 Å². The summed E-state index contributed by atoms with van der Waals surface area (Å²) in [5.41, 5.74) is 3.14. The average molecular weight is 505 g/mol. The Hall–Kier alpha value is -3.17. The van der Waals surface area contributed by atoms with Crippen molar-refractivity contribution in [1.82, 2.24) is 10.6 Å². The molecule has 2 aromatic rings. The lowest BCUT2D eigenvalue weighted by atomic mass is 9.74. The van der Waals surface area contributed by atoms with Gasteiger partial charge in [0.25, 0.3) is 11.8 Å². The summed E-state index contributed by atoms with van der Waals surface area (Å²) in [5.74, 6) is -1.31. The first kappa shape index (κ1) is 26.9. The van der Waals surface area contributed by atoms with Crippen LogP contribution < -0.4 is 10.6 Å². The quantitative estimate of drug-likeness (QED) is 0.370. The normalized spacial score (nSPS) is 19.4. The van der Waals surface area contributed by atoms with Crippen molar-refractivity contribution in [3.63, 3.8) is 0 Å². The zero-order valence-corrected chi connectivity index (χ0v) is 21.6. The minimum absolute atomic E-state index is 0.146. The molecule has 0 spiro atoms. The van der Waals surface area contributed by atoms with Crippen LogP contribution in [0.4, 0.5) is 0 Å². The molecule has 9 heteroatoms. The van der Waals surface area contributed by atoms with Gasteiger partial charge < -0.3 is 25.5 Å². The minimum Gasteiger partial charge on any atom is -0.426 e. The molecule has 2 aliphatic rings. The highest BCUT2D eigenvalue weighted by Gasteiger charge is 2.48. The molecule has 0 bridgehead atoms. The third kappa shape index (κ3) is 6.59. The summed E-state index contributed by atoms with van der Waals surface area (Å²) >= 11 is 0. The number of hydrogen-bond acceptors (Lipinski definition) is 6. The Morgan fingerprint density at radius 1 is 1.08 bits per heavy atom. The highest BCUT2D eigenvalue weighted by Crippen LogP contribution is 2.30. The number of nitrogens with zero attached hydrogens (tertiary/aromatic N) is 1. The van der Waals surface area contributed by atoms with Gasteiger partial charge in [0.05, 0.1) is 18.2 Å². The molecule has 1 heterocycles. The fourth-order valence-corrected chi connectivity index (χ4v) is 5.20. The van der Waals surface area contributed by atoms with Crippen LogP contribution in [0.5, 0.6) is 0 Å². The molecule has 2 atom stereocenters. The van der Waals surface area contributed by atoms with Crippen LogP contribution in [-0.4, -0.2) is 52.8 Å². The van der Waals surface area contributed by atoms with Gasteiger partial charge in [0.1, 0.15) is 0 Å². The van der Waals surface area contributed by atoms with Crippen molar-refractivity contribution >= 4 is 24.6 Å². The minimum atomic E-state index is -1.70. The van der Waals surface area contributed by atoms with E-state index in [0.29, 0.717) is 17.7 Å². The van der Waals surface area contributed by atoms with Crippen LogP contribution in [0.1, 0.15) is 66.6 Å². The molecule has 0 radical (unpaired) electrons. The van der Waals surface area contributed by atoms with Crippen molar-refractivity contribution in [2.45, 2.75) is 70.3 Å². The van der Waals surface area contributed by atoms with Gasteiger partial charge >= 0.3 is 7.12 Å². The summed E-state index contributed by atoms with van der Waals surface area (Å²) in [6.07, 6.45) is 4.94. The van der Waals surface area contributed by atoms with Crippen LogP contribution in [0.25, 0.3) is 0 Å². The van der Waals surface area contributed by atoms with Gasteiger partial charge in [-0.05, 0) is 60.8 Å². The van der Waals surface area contributed by atoms with E-state index in [1.54, 1.807) is 0 Å². The van der Waals surface area contributed by atoms with Gasteiger partial charge in [-0.3, -0.25) is 9.59 Å². The van der Waals surface area contributed by atoms with Crippen molar-refractivity contribution in [2.24, 2.45) is 11.1 Å². The molecular weight excluding hydrogens is 469 g/mol. The third-order valence-corrected chi connectivity index (χ3v) is 7.08. The summed E-state index contributed by atoms with van der Waals surface area (Å²) in [5, 5.41) is 29.6. The van der Waals surface area contributed by atoms with E-state index in [0.717, 1.165) is 36.8 Å². The van der Waals surface area contributed by atoms with E-state index in [9.17, 15) is 19.6 Å². The highest BCUT2D eigenvalue weighted by atomic mass is 16.7. The van der Waals surface area contributed by atoms with Gasteiger partial charge in [-0.15, -0.1) is 0 Å². The Bertz CT molecular complexity index is 1140. The lowest BCUT2D eigenvalue weighted by molar-refractivity contribution is -0.144. The molecule has 0 saturated carbocycles. The Kier molecular flexibility index (Phi) is 8.66. The van der Waals surface area contributed by atoms with E-state index in [1.807, 2.05) is 56.3 Å². The maximum atomic E-state index is 13.5. The molecule has 1 aliphatic heterocycles. The number of carbonyl (C=O) groups is 2. The van der Waals surface area contributed by atoms with Crippen molar-refractivity contribution in [3.05, 3.63) is 70.8 Å². The summed E-state index contributed by atoms with van der Waals surface area (Å²) in [6, 6.07) is 15.3. The first-order valence-corrected chi connectivity index (χ1v) is 13.1. The number of carbonyl (C=O) groups excluding carboxylic acids is 2. The van der Waals surface area contributed by atoms with Gasteiger partial charge in [-0.25, -0.2) is 0 Å². The molecule has 0 fully saturated rings. The summed E-state index contributed by atoms with van der Waals surface area (Å²) in [7, 11) is -1.70. The predicted molar refractivity (Wildman–Crippen MR) is 143 cm³/mol. The molecule has 2 amide bonds. The monoisotopic (exact) mass is 505 g/mol. The zero-order chi connectivity index (χ0) is 26.4. The maximum Gasteiger partial charge on any atom is 0.475 e. The third-order valence-electron chi connectivity index (χ3n) is 7.08. The van der Waals surface area contributed by atoms with E-state index in [2.05, 4.69) is 21.9 Å². The summed E-state index contributed by atoms with van der Waals surface area (Å²) in [4.78, 5) is 32.4. The second-order valence-electron chi connectivity index (χ2n) is 10.5. The Morgan fingerprint density at radius 2 is 1.84 bits per heavy atom. The Morgan fingerprint density at radius 3 is 2.57 bits per heavy atom. The number of rotatable bonds is 10. The van der Waals surface area contributed by atoms with Crippen LogP contribution in [0, 0.1) is 5.92 Å². The molecule has 8 nitrogen and oxygen atoms in total. The maximum absolute atomic E-state index is 13.5. The van der Waals surface area contributed by atoms with Gasteiger partial charge in [-0.2, -0.15) is 0 Å². The smallest absolute Gasteiger partial charge is 0.426 e. The highest BCUT2D eigenvalue weighted by molar-refractivity contribution is 6.43. The molecule has 4 rings (SSSR count). The number of amides is 2.